The van der Waals surface area contributed by atoms with Crippen molar-refractivity contribution in [1.82, 2.24) is 4.98 Å². The predicted molar refractivity (Wildman–Crippen MR) is 58.0 cm³/mol. The largest absolute Gasteiger partial charge is 0.466 e. The Morgan fingerprint density at radius 3 is 3.07 bits per heavy atom. The molecular formula is C8H11BrN2O2S. The van der Waals surface area contributed by atoms with Crippen LogP contribution in [0.25, 0.3) is 0 Å². The number of hydrogen-bond donors (Lipinski definition) is 1. The maximum absolute atomic E-state index is 11.1. The number of ether oxygens (including phenoxy) is 1. The van der Waals surface area contributed by atoms with Crippen LogP contribution in [0.3, 0.4) is 0 Å². The second kappa shape index (κ2) is 5.43. The third-order valence-electron chi connectivity index (χ3n) is 1.59. The zero-order chi connectivity index (χ0) is 10.6. The molecule has 0 aliphatic rings. The van der Waals surface area contributed by atoms with E-state index in [1.165, 1.54) is 11.3 Å². The molecule has 0 aliphatic carbocycles. The lowest BCUT2D eigenvalue weighted by Crippen LogP contribution is -2.17. The number of nitrogens with zero attached hydrogens (tertiary/aromatic N) is 1. The first-order valence-electron chi connectivity index (χ1n) is 4.15. The van der Waals surface area contributed by atoms with E-state index in [0.29, 0.717) is 12.3 Å². The summed E-state index contributed by atoms with van der Waals surface area (Å²) in [5, 5.41) is 0. The Morgan fingerprint density at radius 1 is 1.86 bits per heavy atom. The summed E-state index contributed by atoms with van der Waals surface area (Å²) in [4.78, 5) is 15.2. The fourth-order valence-corrected chi connectivity index (χ4v) is 2.21. The molecule has 0 aliphatic heterocycles. The molecule has 1 rings (SSSR count). The van der Waals surface area contributed by atoms with Crippen molar-refractivity contribution in [3.8, 4) is 0 Å². The molecular weight excluding hydrogens is 268 g/mol. The number of rotatable bonds is 4. The molecule has 0 fully saturated rings. The molecule has 78 valence electrons. The van der Waals surface area contributed by atoms with Crippen LogP contribution in [0.2, 0.25) is 0 Å². The number of carbonyl (C=O) groups excluding carboxylic acids is 1. The molecule has 0 unspecified atom stereocenters. The van der Waals surface area contributed by atoms with E-state index in [1.807, 2.05) is 0 Å². The highest BCUT2D eigenvalue weighted by Gasteiger charge is 2.17. The van der Waals surface area contributed by atoms with Gasteiger partial charge in [0.25, 0.3) is 0 Å². The summed E-state index contributed by atoms with van der Waals surface area (Å²) in [5.74, 6) is -0.292. The molecule has 0 spiro atoms. The Balaban J connectivity index is 2.54. The van der Waals surface area contributed by atoms with Crippen LogP contribution in [0.15, 0.2) is 9.30 Å². The fourth-order valence-electron chi connectivity index (χ4n) is 0.978. The van der Waals surface area contributed by atoms with Crippen molar-refractivity contribution >= 4 is 33.2 Å². The zero-order valence-corrected chi connectivity index (χ0v) is 10.1. The standard InChI is InChI=1S/C8H11BrN2O2S/c1-2-13-6(12)3-5(10)7-8(9)14-4-11-7/h4-5H,2-3,10H2,1H3/t5-/m1/s1. The van der Waals surface area contributed by atoms with Gasteiger partial charge >= 0.3 is 5.97 Å². The van der Waals surface area contributed by atoms with Gasteiger partial charge in [-0.1, -0.05) is 0 Å². The van der Waals surface area contributed by atoms with Crippen LogP contribution in [0, 0.1) is 0 Å². The van der Waals surface area contributed by atoms with Crippen LogP contribution in [0.5, 0.6) is 0 Å². The molecule has 1 heterocycles. The van der Waals surface area contributed by atoms with Crippen molar-refractivity contribution in [2.45, 2.75) is 19.4 Å². The van der Waals surface area contributed by atoms with E-state index >= 15 is 0 Å². The van der Waals surface area contributed by atoms with Crippen LogP contribution in [0.4, 0.5) is 0 Å². The summed E-state index contributed by atoms with van der Waals surface area (Å²) in [5.41, 5.74) is 8.18. The molecule has 2 N–H and O–H groups in total. The monoisotopic (exact) mass is 278 g/mol. The van der Waals surface area contributed by atoms with E-state index in [9.17, 15) is 4.79 Å². The molecule has 4 nitrogen and oxygen atoms in total. The van der Waals surface area contributed by atoms with Crippen LogP contribution >= 0.6 is 27.3 Å². The molecule has 14 heavy (non-hydrogen) atoms. The fraction of sp³-hybridized carbons (Fsp3) is 0.500. The van der Waals surface area contributed by atoms with E-state index in [4.69, 9.17) is 10.5 Å². The molecule has 0 radical (unpaired) electrons. The van der Waals surface area contributed by atoms with Gasteiger partial charge in [0.1, 0.15) is 0 Å². The Hall–Kier alpha value is -0.460. The molecule has 6 heteroatoms. The number of thiazole rings is 1. The SMILES string of the molecule is CCOC(=O)C[C@@H](N)c1ncsc1Br. The molecule has 0 aromatic carbocycles. The molecule has 1 atom stereocenters. The molecule has 0 saturated carbocycles. The molecule has 1 aromatic rings. The topological polar surface area (TPSA) is 65.2 Å². The van der Waals surface area contributed by atoms with Crippen molar-refractivity contribution in [2.24, 2.45) is 5.73 Å². The van der Waals surface area contributed by atoms with Crippen LogP contribution in [0.1, 0.15) is 25.1 Å². The first-order chi connectivity index (χ1) is 6.65. The van der Waals surface area contributed by atoms with Crippen molar-refractivity contribution in [1.29, 1.82) is 0 Å². The van der Waals surface area contributed by atoms with E-state index in [2.05, 4.69) is 20.9 Å². The highest BCUT2D eigenvalue weighted by atomic mass is 79.9. The minimum Gasteiger partial charge on any atom is -0.466 e. The van der Waals surface area contributed by atoms with E-state index in [1.54, 1.807) is 12.4 Å². The normalized spacial score (nSPS) is 12.5. The van der Waals surface area contributed by atoms with E-state index < -0.39 is 6.04 Å². The van der Waals surface area contributed by atoms with Crippen molar-refractivity contribution in [3.05, 3.63) is 15.0 Å². The van der Waals surface area contributed by atoms with Gasteiger partial charge in [0.05, 0.1) is 34.1 Å². The number of aromatic nitrogens is 1. The summed E-state index contributed by atoms with van der Waals surface area (Å²) in [6.07, 6.45) is 0.163. The summed E-state index contributed by atoms with van der Waals surface area (Å²) >= 11 is 4.77. The van der Waals surface area contributed by atoms with Gasteiger partial charge in [-0.25, -0.2) is 4.98 Å². The molecule has 0 bridgehead atoms. The maximum Gasteiger partial charge on any atom is 0.307 e. The average molecular weight is 279 g/mol. The summed E-state index contributed by atoms with van der Waals surface area (Å²) in [7, 11) is 0. The summed E-state index contributed by atoms with van der Waals surface area (Å²) < 4.78 is 5.66. The lowest BCUT2D eigenvalue weighted by molar-refractivity contribution is -0.143. The third-order valence-corrected chi connectivity index (χ3v) is 3.19. The van der Waals surface area contributed by atoms with Gasteiger partial charge in [-0.05, 0) is 22.9 Å². The van der Waals surface area contributed by atoms with Crippen LogP contribution < -0.4 is 5.73 Å². The second-order valence-corrected chi connectivity index (χ2v) is 4.80. The van der Waals surface area contributed by atoms with Gasteiger partial charge in [-0.15, -0.1) is 11.3 Å². The van der Waals surface area contributed by atoms with E-state index in [0.717, 1.165) is 3.79 Å². The Morgan fingerprint density at radius 2 is 2.57 bits per heavy atom. The Labute approximate surface area is 94.6 Å². The number of esters is 1. The zero-order valence-electron chi connectivity index (χ0n) is 7.70. The minimum atomic E-state index is -0.394. The van der Waals surface area contributed by atoms with E-state index in [-0.39, 0.29) is 12.4 Å². The quantitative estimate of drug-likeness (QED) is 0.854. The third kappa shape index (κ3) is 3.04. The summed E-state index contributed by atoms with van der Waals surface area (Å²) in [6.45, 7) is 2.14. The van der Waals surface area contributed by atoms with Gasteiger partial charge in [-0.3, -0.25) is 4.79 Å². The van der Waals surface area contributed by atoms with Crippen LogP contribution in [-0.2, 0) is 9.53 Å². The average Bonchev–Trinajstić information content (AvgIpc) is 2.51. The van der Waals surface area contributed by atoms with Gasteiger partial charge in [0.15, 0.2) is 0 Å². The first-order valence-corrected chi connectivity index (χ1v) is 5.82. The lowest BCUT2D eigenvalue weighted by atomic mass is 10.2. The Bertz CT molecular complexity index is 316. The highest BCUT2D eigenvalue weighted by Crippen LogP contribution is 2.26. The number of nitrogens with two attached hydrogens (primary N) is 1. The smallest absolute Gasteiger partial charge is 0.307 e. The van der Waals surface area contributed by atoms with Crippen molar-refractivity contribution in [2.75, 3.05) is 6.61 Å². The van der Waals surface area contributed by atoms with Gasteiger partial charge in [-0.2, -0.15) is 0 Å². The minimum absolute atomic E-state index is 0.163. The summed E-state index contributed by atoms with van der Waals surface area (Å²) in [6, 6.07) is -0.394. The molecule has 0 amide bonds. The number of hydrogen-bond acceptors (Lipinski definition) is 5. The second-order valence-electron chi connectivity index (χ2n) is 2.63. The number of carbonyl (C=O) groups is 1. The van der Waals surface area contributed by atoms with Crippen molar-refractivity contribution in [3.63, 3.8) is 0 Å². The molecule has 0 saturated heterocycles. The molecule has 1 aromatic heterocycles. The predicted octanol–water partition coefficient (Wildman–Crippen LogP) is 1.86. The Kier molecular flexibility index (Phi) is 4.50. The number of halogens is 1. The van der Waals surface area contributed by atoms with Crippen molar-refractivity contribution < 1.29 is 9.53 Å². The first kappa shape index (κ1) is 11.6. The lowest BCUT2D eigenvalue weighted by Gasteiger charge is -2.08. The van der Waals surface area contributed by atoms with Gasteiger partial charge in [0.2, 0.25) is 0 Å². The van der Waals surface area contributed by atoms with Gasteiger partial charge < -0.3 is 10.5 Å². The maximum atomic E-state index is 11.1. The highest BCUT2D eigenvalue weighted by molar-refractivity contribution is 9.11. The van der Waals surface area contributed by atoms with Crippen LogP contribution in [-0.4, -0.2) is 17.6 Å². The van der Waals surface area contributed by atoms with Gasteiger partial charge in [0, 0.05) is 0 Å².